The van der Waals surface area contributed by atoms with Crippen molar-refractivity contribution in [3.05, 3.63) is 22.7 Å². The molecule has 1 rings (SSSR count). The highest BCUT2D eigenvalue weighted by Gasteiger charge is 2.16. The molecule has 0 heterocycles. The van der Waals surface area contributed by atoms with Crippen LogP contribution >= 0.6 is 15.9 Å². The predicted octanol–water partition coefficient (Wildman–Crippen LogP) is 1.12. The minimum atomic E-state index is -3.60. The molecular weight excluding hydrogens is 310 g/mol. The van der Waals surface area contributed by atoms with E-state index in [-0.39, 0.29) is 11.4 Å². The first-order valence-electron chi connectivity index (χ1n) is 4.88. The summed E-state index contributed by atoms with van der Waals surface area (Å²) < 4.78 is 31.5. The van der Waals surface area contributed by atoms with Crippen LogP contribution < -0.4 is 9.46 Å². The molecule has 0 saturated heterocycles. The molecule has 0 aromatic heterocycles. The van der Waals surface area contributed by atoms with Gasteiger partial charge in [0.1, 0.15) is 5.75 Å². The largest absolute Gasteiger partial charge is 0.496 e. The van der Waals surface area contributed by atoms with E-state index in [1.807, 2.05) is 0 Å². The molecule has 0 aliphatic rings. The second kappa shape index (κ2) is 5.81. The van der Waals surface area contributed by atoms with Crippen LogP contribution in [-0.4, -0.2) is 33.3 Å². The summed E-state index contributed by atoms with van der Waals surface area (Å²) >= 11 is 3.21. The molecule has 0 aliphatic carbocycles. The fraction of sp³-hybridized carbons (Fsp3) is 0.400. The van der Waals surface area contributed by atoms with Crippen molar-refractivity contribution in [1.82, 2.24) is 4.72 Å². The van der Waals surface area contributed by atoms with Crippen LogP contribution in [0.15, 0.2) is 27.6 Å². The number of aliphatic hydroxyl groups excluding tert-OH is 1. The van der Waals surface area contributed by atoms with Crippen LogP contribution in [0.3, 0.4) is 0 Å². The first-order chi connectivity index (χ1) is 7.86. The average molecular weight is 324 g/mol. The van der Waals surface area contributed by atoms with Crippen molar-refractivity contribution >= 4 is 26.0 Å². The Balaban J connectivity index is 2.96. The number of methoxy groups -OCH3 is 1. The summed E-state index contributed by atoms with van der Waals surface area (Å²) in [6.07, 6.45) is -0.730. The zero-order chi connectivity index (χ0) is 13.1. The van der Waals surface area contributed by atoms with E-state index in [0.717, 1.165) is 0 Å². The van der Waals surface area contributed by atoms with Gasteiger partial charge >= 0.3 is 0 Å². The van der Waals surface area contributed by atoms with Gasteiger partial charge in [0.25, 0.3) is 0 Å². The van der Waals surface area contributed by atoms with Crippen LogP contribution in [0.2, 0.25) is 0 Å². The molecule has 0 fully saturated rings. The second-order valence-electron chi connectivity index (χ2n) is 3.50. The van der Waals surface area contributed by atoms with Gasteiger partial charge in [-0.2, -0.15) is 0 Å². The maximum absolute atomic E-state index is 11.8. The SMILES string of the molecule is COc1ccc(S(=O)(=O)NC[C@@H](C)O)cc1Br. The standard InChI is InChI=1S/C10H14BrNO4S/c1-7(13)6-12-17(14,15)8-3-4-10(16-2)9(11)5-8/h3-5,7,12-13H,6H2,1-2H3/t7-/m1/s1. The highest BCUT2D eigenvalue weighted by molar-refractivity contribution is 9.10. The van der Waals surface area contributed by atoms with E-state index < -0.39 is 16.1 Å². The zero-order valence-corrected chi connectivity index (χ0v) is 11.9. The predicted molar refractivity (Wildman–Crippen MR) is 67.6 cm³/mol. The van der Waals surface area contributed by atoms with Crippen molar-refractivity contribution in [3.8, 4) is 5.75 Å². The summed E-state index contributed by atoms with van der Waals surface area (Å²) in [5.74, 6) is 0.555. The van der Waals surface area contributed by atoms with Crippen LogP contribution in [0, 0.1) is 0 Å². The molecule has 0 bridgehead atoms. The zero-order valence-electron chi connectivity index (χ0n) is 9.47. The van der Waals surface area contributed by atoms with Crippen LogP contribution in [0.4, 0.5) is 0 Å². The lowest BCUT2D eigenvalue weighted by Gasteiger charge is -2.10. The van der Waals surface area contributed by atoms with Crippen molar-refractivity contribution in [2.75, 3.05) is 13.7 Å². The molecule has 1 atom stereocenters. The number of sulfonamides is 1. The topological polar surface area (TPSA) is 75.6 Å². The number of aliphatic hydroxyl groups is 1. The molecule has 0 saturated carbocycles. The Morgan fingerprint density at radius 3 is 2.65 bits per heavy atom. The average Bonchev–Trinajstić information content (AvgIpc) is 2.26. The van der Waals surface area contributed by atoms with Crippen molar-refractivity contribution in [2.45, 2.75) is 17.9 Å². The highest BCUT2D eigenvalue weighted by Crippen LogP contribution is 2.27. The summed E-state index contributed by atoms with van der Waals surface area (Å²) in [7, 11) is -2.10. The van der Waals surface area contributed by atoms with Gasteiger partial charge < -0.3 is 9.84 Å². The lowest BCUT2D eigenvalue weighted by Crippen LogP contribution is -2.30. The van der Waals surface area contributed by atoms with Gasteiger partial charge in [-0.25, -0.2) is 13.1 Å². The third-order valence-corrected chi connectivity index (χ3v) is 4.04. The van der Waals surface area contributed by atoms with E-state index in [9.17, 15) is 8.42 Å². The van der Waals surface area contributed by atoms with Gasteiger partial charge in [-0.05, 0) is 41.1 Å². The Bertz CT molecular complexity index is 487. The van der Waals surface area contributed by atoms with Crippen LogP contribution in [0.1, 0.15) is 6.92 Å². The van der Waals surface area contributed by atoms with Crippen molar-refractivity contribution in [2.24, 2.45) is 0 Å². The number of halogens is 1. The molecule has 5 nitrogen and oxygen atoms in total. The van der Waals surface area contributed by atoms with Gasteiger partial charge in [-0.3, -0.25) is 0 Å². The van der Waals surface area contributed by atoms with Crippen LogP contribution in [0.25, 0.3) is 0 Å². The monoisotopic (exact) mass is 323 g/mol. The number of hydrogen-bond acceptors (Lipinski definition) is 4. The summed E-state index contributed by atoms with van der Waals surface area (Å²) in [5.41, 5.74) is 0. The van der Waals surface area contributed by atoms with Crippen molar-refractivity contribution in [3.63, 3.8) is 0 Å². The minimum absolute atomic E-state index is 0.0218. The maximum atomic E-state index is 11.8. The third kappa shape index (κ3) is 3.95. The third-order valence-electron chi connectivity index (χ3n) is 2.00. The van der Waals surface area contributed by atoms with Crippen LogP contribution in [-0.2, 0) is 10.0 Å². The summed E-state index contributed by atoms with van der Waals surface area (Å²) in [5, 5.41) is 9.04. The summed E-state index contributed by atoms with van der Waals surface area (Å²) in [6.45, 7) is 1.48. The van der Waals surface area contributed by atoms with Gasteiger partial charge in [0.05, 0.1) is 22.6 Å². The molecule has 1 aromatic rings. The molecule has 17 heavy (non-hydrogen) atoms. The van der Waals surface area contributed by atoms with E-state index >= 15 is 0 Å². The number of hydrogen-bond donors (Lipinski definition) is 2. The Hall–Kier alpha value is -0.630. The summed E-state index contributed by atoms with van der Waals surface area (Å²) in [4.78, 5) is 0.117. The van der Waals surface area contributed by atoms with E-state index in [4.69, 9.17) is 9.84 Å². The first-order valence-corrected chi connectivity index (χ1v) is 7.15. The number of rotatable bonds is 5. The van der Waals surface area contributed by atoms with E-state index in [0.29, 0.717) is 10.2 Å². The maximum Gasteiger partial charge on any atom is 0.240 e. The molecular formula is C10H14BrNO4S. The Morgan fingerprint density at radius 1 is 1.53 bits per heavy atom. The Morgan fingerprint density at radius 2 is 2.18 bits per heavy atom. The van der Waals surface area contributed by atoms with Crippen molar-refractivity contribution in [1.29, 1.82) is 0 Å². The molecule has 2 N–H and O–H groups in total. The van der Waals surface area contributed by atoms with E-state index in [1.165, 1.54) is 26.2 Å². The molecule has 0 radical (unpaired) electrons. The second-order valence-corrected chi connectivity index (χ2v) is 6.12. The lowest BCUT2D eigenvalue weighted by atomic mass is 10.3. The smallest absolute Gasteiger partial charge is 0.240 e. The Labute approximate surface area is 109 Å². The van der Waals surface area contributed by atoms with Gasteiger partial charge in [-0.1, -0.05) is 0 Å². The van der Waals surface area contributed by atoms with Gasteiger partial charge in [0.2, 0.25) is 10.0 Å². The lowest BCUT2D eigenvalue weighted by molar-refractivity contribution is 0.198. The molecule has 7 heteroatoms. The summed E-state index contributed by atoms with van der Waals surface area (Å²) in [6, 6.07) is 4.44. The quantitative estimate of drug-likeness (QED) is 0.851. The molecule has 0 unspecified atom stereocenters. The molecule has 1 aromatic carbocycles. The molecule has 0 spiro atoms. The normalized spacial score (nSPS) is 13.4. The van der Waals surface area contributed by atoms with Crippen LogP contribution in [0.5, 0.6) is 5.75 Å². The number of ether oxygens (including phenoxy) is 1. The van der Waals surface area contributed by atoms with Gasteiger partial charge in [0.15, 0.2) is 0 Å². The molecule has 0 aliphatic heterocycles. The number of nitrogens with one attached hydrogen (secondary N) is 1. The van der Waals surface area contributed by atoms with Gasteiger partial charge in [-0.15, -0.1) is 0 Å². The fourth-order valence-corrected chi connectivity index (χ4v) is 2.97. The van der Waals surface area contributed by atoms with E-state index in [1.54, 1.807) is 6.07 Å². The number of benzene rings is 1. The van der Waals surface area contributed by atoms with Crippen molar-refractivity contribution < 1.29 is 18.3 Å². The fourth-order valence-electron chi connectivity index (χ4n) is 1.13. The molecule has 0 amide bonds. The Kier molecular flexibility index (Phi) is 4.93. The highest BCUT2D eigenvalue weighted by atomic mass is 79.9. The molecule has 96 valence electrons. The minimum Gasteiger partial charge on any atom is -0.496 e. The van der Waals surface area contributed by atoms with E-state index in [2.05, 4.69) is 20.7 Å². The van der Waals surface area contributed by atoms with Gasteiger partial charge in [0, 0.05) is 6.54 Å². The first kappa shape index (κ1) is 14.4.